The van der Waals surface area contributed by atoms with E-state index in [0.29, 0.717) is 27.8 Å². The molecule has 0 radical (unpaired) electrons. The van der Waals surface area contributed by atoms with Crippen molar-refractivity contribution in [2.75, 3.05) is 12.1 Å². The first kappa shape index (κ1) is 15.6. The standard InChI is InChI=1S/C18H13FN2O3S/c1-10-6-12(2-4-13(10)19)17(22)21-18-20-14(8-25-18)11-3-5-15-16(7-11)24-9-23-15/h2-8H,9H2,1H3,(H,20,21,22). The van der Waals surface area contributed by atoms with Crippen LogP contribution in [0.2, 0.25) is 0 Å². The van der Waals surface area contributed by atoms with Crippen molar-refractivity contribution >= 4 is 22.4 Å². The number of ether oxygens (including phenoxy) is 2. The van der Waals surface area contributed by atoms with Crippen molar-refractivity contribution in [3.05, 3.63) is 58.7 Å². The van der Waals surface area contributed by atoms with E-state index in [0.717, 1.165) is 11.3 Å². The molecule has 1 aliphatic heterocycles. The lowest BCUT2D eigenvalue weighted by atomic mass is 10.1. The molecule has 126 valence electrons. The minimum Gasteiger partial charge on any atom is -0.454 e. The van der Waals surface area contributed by atoms with Crippen molar-refractivity contribution in [2.24, 2.45) is 0 Å². The Bertz CT molecular complexity index is 971. The van der Waals surface area contributed by atoms with Gasteiger partial charge in [-0.3, -0.25) is 10.1 Å². The Kier molecular flexibility index (Phi) is 3.85. The van der Waals surface area contributed by atoms with E-state index in [-0.39, 0.29) is 18.5 Å². The van der Waals surface area contributed by atoms with Crippen molar-refractivity contribution in [1.29, 1.82) is 0 Å². The molecule has 0 saturated heterocycles. The molecule has 1 aliphatic rings. The molecule has 1 N–H and O–H groups in total. The van der Waals surface area contributed by atoms with Gasteiger partial charge in [-0.2, -0.15) is 0 Å². The van der Waals surface area contributed by atoms with Gasteiger partial charge in [-0.25, -0.2) is 9.37 Å². The van der Waals surface area contributed by atoms with Crippen LogP contribution in [0.5, 0.6) is 11.5 Å². The Morgan fingerprint density at radius 1 is 1.20 bits per heavy atom. The first-order valence-corrected chi connectivity index (χ1v) is 8.41. The average Bonchev–Trinajstić information content (AvgIpc) is 3.25. The second-order valence-electron chi connectivity index (χ2n) is 5.52. The maximum Gasteiger partial charge on any atom is 0.257 e. The Morgan fingerprint density at radius 2 is 2.04 bits per heavy atom. The van der Waals surface area contributed by atoms with Gasteiger partial charge < -0.3 is 9.47 Å². The number of halogens is 1. The molecule has 0 spiro atoms. The maximum atomic E-state index is 13.3. The summed E-state index contributed by atoms with van der Waals surface area (Å²) in [6, 6.07) is 9.81. The number of nitrogens with zero attached hydrogens (tertiary/aromatic N) is 1. The summed E-state index contributed by atoms with van der Waals surface area (Å²) in [7, 11) is 0. The number of aryl methyl sites for hydroxylation is 1. The lowest BCUT2D eigenvalue weighted by Crippen LogP contribution is -2.12. The molecule has 0 aliphatic carbocycles. The van der Waals surface area contributed by atoms with Crippen LogP contribution in [0.15, 0.2) is 41.8 Å². The fourth-order valence-corrected chi connectivity index (χ4v) is 3.19. The molecule has 1 aromatic heterocycles. The number of fused-ring (bicyclic) bond motifs is 1. The number of rotatable bonds is 3. The topological polar surface area (TPSA) is 60.5 Å². The molecule has 0 unspecified atom stereocenters. The molecular formula is C18H13FN2O3S. The molecule has 3 aromatic rings. The zero-order valence-electron chi connectivity index (χ0n) is 13.2. The van der Waals surface area contributed by atoms with Crippen molar-refractivity contribution < 1.29 is 18.7 Å². The minimum absolute atomic E-state index is 0.217. The van der Waals surface area contributed by atoms with E-state index in [4.69, 9.17) is 9.47 Å². The largest absolute Gasteiger partial charge is 0.454 e. The van der Waals surface area contributed by atoms with Crippen LogP contribution >= 0.6 is 11.3 Å². The van der Waals surface area contributed by atoms with Crippen LogP contribution < -0.4 is 14.8 Å². The van der Waals surface area contributed by atoms with E-state index >= 15 is 0 Å². The van der Waals surface area contributed by atoms with Crippen LogP contribution in [0.1, 0.15) is 15.9 Å². The van der Waals surface area contributed by atoms with E-state index in [1.165, 1.54) is 29.5 Å². The first-order valence-electron chi connectivity index (χ1n) is 7.53. The lowest BCUT2D eigenvalue weighted by molar-refractivity contribution is 0.102. The van der Waals surface area contributed by atoms with Gasteiger partial charge >= 0.3 is 0 Å². The zero-order valence-corrected chi connectivity index (χ0v) is 14.0. The quantitative estimate of drug-likeness (QED) is 0.763. The second-order valence-corrected chi connectivity index (χ2v) is 6.38. The van der Waals surface area contributed by atoms with Crippen molar-refractivity contribution in [1.82, 2.24) is 4.98 Å². The molecule has 0 bridgehead atoms. The molecular weight excluding hydrogens is 343 g/mol. The third kappa shape index (κ3) is 3.06. The number of benzene rings is 2. The summed E-state index contributed by atoms with van der Waals surface area (Å²) in [5.74, 6) is 0.725. The predicted molar refractivity (Wildman–Crippen MR) is 92.8 cm³/mol. The number of carbonyl (C=O) groups is 1. The third-order valence-electron chi connectivity index (χ3n) is 3.81. The zero-order chi connectivity index (χ0) is 17.4. The van der Waals surface area contributed by atoms with Crippen LogP contribution in [-0.2, 0) is 0 Å². The number of hydrogen-bond donors (Lipinski definition) is 1. The number of nitrogens with one attached hydrogen (secondary N) is 1. The van der Waals surface area contributed by atoms with Gasteiger partial charge in [-0.1, -0.05) is 0 Å². The van der Waals surface area contributed by atoms with Crippen molar-refractivity contribution in [2.45, 2.75) is 6.92 Å². The summed E-state index contributed by atoms with van der Waals surface area (Å²) in [5.41, 5.74) is 2.42. The number of amides is 1. The average molecular weight is 356 g/mol. The molecule has 7 heteroatoms. The summed E-state index contributed by atoms with van der Waals surface area (Å²) in [6.45, 7) is 1.83. The molecule has 0 fully saturated rings. The van der Waals surface area contributed by atoms with Gasteiger partial charge in [0.1, 0.15) is 5.82 Å². The Hall–Kier alpha value is -2.93. The predicted octanol–water partition coefficient (Wildman–Crippen LogP) is 4.24. The Morgan fingerprint density at radius 3 is 2.88 bits per heavy atom. The highest BCUT2D eigenvalue weighted by Gasteiger charge is 2.16. The molecule has 5 nitrogen and oxygen atoms in total. The maximum absolute atomic E-state index is 13.3. The summed E-state index contributed by atoms with van der Waals surface area (Å²) in [4.78, 5) is 16.7. The molecule has 1 amide bonds. The van der Waals surface area contributed by atoms with Gasteiger partial charge in [0.2, 0.25) is 6.79 Å². The Balaban J connectivity index is 1.53. The monoisotopic (exact) mass is 356 g/mol. The summed E-state index contributed by atoms with van der Waals surface area (Å²) >= 11 is 1.32. The number of carbonyl (C=O) groups excluding carboxylic acids is 1. The lowest BCUT2D eigenvalue weighted by Gasteiger charge is -2.03. The molecule has 2 aromatic carbocycles. The first-order chi connectivity index (χ1) is 12.1. The molecule has 25 heavy (non-hydrogen) atoms. The number of aromatic nitrogens is 1. The highest BCUT2D eigenvalue weighted by atomic mass is 32.1. The van der Waals surface area contributed by atoms with Crippen LogP contribution in [0, 0.1) is 12.7 Å². The van der Waals surface area contributed by atoms with Gasteiger partial charge in [0.25, 0.3) is 5.91 Å². The summed E-state index contributed by atoms with van der Waals surface area (Å²) < 4.78 is 24.0. The molecule has 0 saturated carbocycles. The van der Waals surface area contributed by atoms with Gasteiger partial charge in [0.15, 0.2) is 16.6 Å². The van der Waals surface area contributed by atoms with Crippen LogP contribution in [0.3, 0.4) is 0 Å². The summed E-state index contributed by atoms with van der Waals surface area (Å²) in [6.07, 6.45) is 0. The number of thiazole rings is 1. The van der Waals surface area contributed by atoms with Crippen molar-refractivity contribution in [3.63, 3.8) is 0 Å². The van der Waals surface area contributed by atoms with E-state index < -0.39 is 0 Å². The van der Waals surface area contributed by atoms with Gasteiger partial charge in [0, 0.05) is 16.5 Å². The third-order valence-corrected chi connectivity index (χ3v) is 4.57. The van der Waals surface area contributed by atoms with Crippen molar-refractivity contribution in [3.8, 4) is 22.8 Å². The van der Waals surface area contributed by atoms with Gasteiger partial charge in [-0.15, -0.1) is 11.3 Å². The minimum atomic E-state index is -0.337. The van der Waals surface area contributed by atoms with E-state index in [1.807, 2.05) is 23.6 Å². The Labute approximate surface area is 147 Å². The highest BCUT2D eigenvalue weighted by Crippen LogP contribution is 2.36. The van der Waals surface area contributed by atoms with Crippen LogP contribution in [-0.4, -0.2) is 17.7 Å². The number of hydrogen-bond acceptors (Lipinski definition) is 5. The SMILES string of the molecule is Cc1cc(C(=O)Nc2nc(-c3ccc4c(c3)OCO4)cs2)ccc1F. The number of anilines is 1. The highest BCUT2D eigenvalue weighted by molar-refractivity contribution is 7.14. The van der Waals surface area contributed by atoms with Crippen LogP contribution in [0.4, 0.5) is 9.52 Å². The molecule has 4 rings (SSSR count). The fraction of sp³-hybridized carbons (Fsp3) is 0.111. The second kappa shape index (κ2) is 6.18. The summed E-state index contributed by atoms with van der Waals surface area (Å²) in [5, 5.41) is 5.06. The normalized spacial score (nSPS) is 12.2. The van der Waals surface area contributed by atoms with Gasteiger partial charge in [-0.05, 0) is 48.9 Å². The van der Waals surface area contributed by atoms with E-state index in [1.54, 1.807) is 6.92 Å². The van der Waals surface area contributed by atoms with Crippen LogP contribution in [0.25, 0.3) is 11.3 Å². The van der Waals surface area contributed by atoms with E-state index in [9.17, 15) is 9.18 Å². The fourth-order valence-electron chi connectivity index (χ4n) is 2.47. The molecule has 2 heterocycles. The smallest absolute Gasteiger partial charge is 0.257 e. The van der Waals surface area contributed by atoms with Gasteiger partial charge in [0.05, 0.1) is 5.69 Å². The molecule has 0 atom stereocenters. The van der Waals surface area contributed by atoms with E-state index in [2.05, 4.69) is 10.3 Å².